The second kappa shape index (κ2) is 5.99. The fraction of sp³-hybridized carbons (Fsp3) is 0.529. The van der Waals surface area contributed by atoms with Gasteiger partial charge in [-0.3, -0.25) is 4.79 Å². The number of carboxylic acids is 1. The maximum Gasteiger partial charge on any atom is 0.407 e. The van der Waals surface area contributed by atoms with Crippen molar-refractivity contribution in [2.45, 2.75) is 44.6 Å². The number of aliphatic carboxylic acids is 1. The molecule has 1 saturated carbocycles. The number of hydrogen-bond donors (Lipinski definition) is 2. The van der Waals surface area contributed by atoms with Crippen LogP contribution in [0.15, 0.2) is 30.3 Å². The highest BCUT2D eigenvalue weighted by Crippen LogP contribution is 2.47. The molecule has 1 aromatic carbocycles. The number of alkyl carbamates (subject to hydrolysis) is 1. The lowest BCUT2D eigenvalue weighted by atomic mass is 9.76. The molecule has 2 N–H and O–H groups in total. The second-order valence-corrected chi connectivity index (χ2v) is 6.77. The Morgan fingerprint density at radius 1 is 1.23 bits per heavy atom. The summed E-state index contributed by atoms with van der Waals surface area (Å²) in [4.78, 5) is 23.9. The molecule has 0 bridgehead atoms. The third-order valence-electron chi connectivity index (χ3n) is 3.86. The van der Waals surface area contributed by atoms with Crippen molar-refractivity contribution >= 4 is 12.1 Å². The van der Waals surface area contributed by atoms with Crippen molar-refractivity contribution in [1.82, 2.24) is 5.32 Å². The van der Waals surface area contributed by atoms with E-state index < -0.39 is 23.1 Å². The Labute approximate surface area is 130 Å². The zero-order valence-corrected chi connectivity index (χ0v) is 13.3. The zero-order chi connectivity index (χ0) is 16.4. The highest BCUT2D eigenvalue weighted by molar-refractivity contribution is 5.83. The van der Waals surface area contributed by atoms with Crippen LogP contribution < -0.4 is 5.32 Å². The molecule has 1 atom stereocenters. The largest absolute Gasteiger partial charge is 0.481 e. The lowest BCUT2D eigenvalue weighted by Gasteiger charge is -2.31. The van der Waals surface area contributed by atoms with E-state index in [1.54, 1.807) is 20.8 Å². The Hall–Kier alpha value is -2.04. The van der Waals surface area contributed by atoms with Crippen molar-refractivity contribution in [3.8, 4) is 0 Å². The summed E-state index contributed by atoms with van der Waals surface area (Å²) >= 11 is 0. The van der Waals surface area contributed by atoms with Crippen LogP contribution in [0.4, 0.5) is 4.79 Å². The van der Waals surface area contributed by atoms with Crippen LogP contribution in [-0.4, -0.2) is 29.3 Å². The summed E-state index contributed by atoms with van der Waals surface area (Å²) in [6.45, 7) is 5.35. The van der Waals surface area contributed by atoms with Gasteiger partial charge in [0.2, 0.25) is 0 Å². The number of ether oxygens (including phenoxy) is 1. The summed E-state index contributed by atoms with van der Waals surface area (Å²) in [5.41, 5.74) is -0.971. The van der Waals surface area contributed by atoms with E-state index in [1.807, 2.05) is 30.3 Å². The quantitative estimate of drug-likeness (QED) is 0.877. The second-order valence-electron chi connectivity index (χ2n) is 6.77. The molecule has 1 unspecified atom stereocenters. The third-order valence-corrected chi connectivity index (χ3v) is 3.86. The summed E-state index contributed by atoms with van der Waals surface area (Å²) in [7, 11) is 0. The first kappa shape index (κ1) is 16.3. The average molecular weight is 305 g/mol. The number of carbonyl (C=O) groups is 2. The first-order valence-electron chi connectivity index (χ1n) is 7.51. The summed E-state index contributed by atoms with van der Waals surface area (Å²) < 4.78 is 5.21. The topological polar surface area (TPSA) is 75.6 Å². The lowest BCUT2D eigenvalue weighted by Crippen LogP contribution is -2.49. The van der Waals surface area contributed by atoms with E-state index >= 15 is 0 Å². The summed E-state index contributed by atoms with van der Waals surface area (Å²) in [6, 6.07) is 9.11. The molecule has 5 nitrogen and oxygen atoms in total. The smallest absolute Gasteiger partial charge is 0.407 e. The number of carboxylic acid groups (broad SMARTS) is 1. The Balaban J connectivity index is 2.20. The summed E-state index contributed by atoms with van der Waals surface area (Å²) in [6.07, 6.45) is 1.13. The van der Waals surface area contributed by atoms with Crippen molar-refractivity contribution in [2.24, 2.45) is 5.92 Å². The molecule has 1 aliphatic carbocycles. The van der Waals surface area contributed by atoms with Gasteiger partial charge in [-0.05, 0) is 45.1 Å². The fourth-order valence-electron chi connectivity index (χ4n) is 2.69. The van der Waals surface area contributed by atoms with Gasteiger partial charge in [-0.15, -0.1) is 0 Å². The minimum absolute atomic E-state index is 0.0337. The molecule has 2 rings (SSSR count). The van der Waals surface area contributed by atoms with Gasteiger partial charge in [0, 0.05) is 6.54 Å². The van der Waals surface area contributed by atoms with E-state index in [2.05, 4.69) is 5.32 Å². The van der Waals surface area contributed by atoms with Crippen molar-refractivity contribution < 1.29 is 19.4 Å². The molecular formula is C17H23NO4. The van der Waals surface area contributed by atoms with E-state index in [0.29, 0.717) is 0 Å². The van der Waals surface area contributed by atoms with Crippen molar-refractivity contribution in [1.29, 1.82) is 0 Å². The molecule has 0 aliphatic heterocycles. The van der Waals surface area contributed by atoms with E-state index in [9.17, 15) is 14.7 Å². The van der Waals surface area contributed by atoms with E-state index in [1.165, 1.54) is 0 Å². The van der Waals surface area contributed by atoms with Gasteiger partial charge < -0.3 is 15.2 Å². The van der Waals surface area contributed by atoms with Gasteiger partial charge in [0.25, 0.3) is 0 Å². The van der Waals surface area contributed by atoms with Crippen molar-refractivity contribution in [3.05, 3.63) is 35.9 Å². The summed E-state index contributed by atoms with van der Waals surface area (Å²) in [5.74, 6) is -0.861. The molecule has 1 amide bonds. The highest BCUT2D eigenvalue weighted by atomic mass is 16.6. The van der Waals surface area contributed by atoms with Gasteiger partial charge in [-0.25, -0.2) is 4.79 Å². The number of hydrogen-bond acceptors (Lipinski definition) is 3. The van der Waals surface area contributed by atoms with Gasteiger partial charge in [-0.2, -0.15) is 0 Å². The maximum atomic E-state index is 12.0. The Bertz CT molecular complexity index is 546. The Kier molecular flexibility index (Phi) is 4.44. The van der Waals surface area contributed by atoms with Crippen molar-refractivity contribution in [2.75, 3.05) is 6.54 Å². The lowest BCUT2D eigenvalue weighted by molar-refractivity contribution is -0.144. The van der Waals surface area contributed by atoms with E-state index in [-0.39, 0.29) is 12.5 Å². The number of nitrogens with one attached hydrogen (secondary N) is 1. The van der Waals surface area contributed by atoms with Crippen LogP contribution in [0, 0.1) is 5.92 Å². The zero-order valence-electron chi connectivity index (χ0n) is 13.3. The van der Waals surface area contributed by atoms with Crippen LogP contribution in [0.5, 0.6) is 0 Å². The van der Waals surface area contributed by atoms with Crippen LogP contribution in [-0.2, 0) is 14.9 Å². The molecule has 0 saturated heterocycles. The van der Waals surface area contributed by atoms with Gasteiger partial charge in [0.15, 0.2) is 0 Å². The molecule has 0 spiro atoms. The maximum absolute atomic E-state index is 12.0. The molecule has 0 radical (unpaired) electrons. The Morgan fingerprint density at radius 2 is 1.82 bits per heavy atom. The number of carbonyl (C=O) groups excluding carboxylic acids is 1. The monoisotopic (exact) mass is 305 g/mol. The number of benzene rings is 1. The molecule has 5 heteroatoms. The molecule has 0 heterocycles. The normalized spacial score (nSPS) is 17.4. The van der Waals surface area contributed by atoms with Gasteiger partial charge in [0.05, 0.1) is 0 Å². The first-order chi connectivity index (χ1) is 10.3. The Morgan fingerprint density at radius 3 is 2.27 bits per heavy atom. The van der Waals surface area contributed by atoms with Gasteiger partial charge in [0.1, 0.15) is 11.0 Å². The fourth-order valence-corrected chi connectivity index (χ4v) is 2.69. The predicted octanol–water partition coefficient (Wildman–Crippen LogP) is 2.94. The van der Waals surface area contributed by atoms with Crippen molar-refractivity contribution in [3.63, 3.8) is 0 Å². The van der Waals surface area contributed by atoms with Crippen LogP contribution in [0.1, 0.15) is 39.2 Å². The molecule has 1 aliphatic rings. The SMILES string of the molecule is CC(C)(C)OC(=O)NCC(C(=O)O)(c1ccccc1)C1CC1. The molecular weight excluding hydrogens is 282 g/mol. The van der Waals surface area contributed by atoms with Crippen LogP contribution in [0.25, 0.3) is 0 Å². The number of rotatable bonds is 5. The van der Waals surface area contributed by atoms with E-state index in [4.69, 9.17) is 4.74 Å². The first-order valence-corrected chi connectivity index (χ1v) is 7.51. The minimum atomic E-state index is -1.09. The molecule has 1 aromatic rings. The molecule has 1 fully saturated rings. The highest BCUT2D eigenvalue weighted by Gasteiger charge is 2.52. The van der Waals surface area contributed by atoms with Gasteiger partial charge in [-0.1, -0.05) is 30.3 Å². The molecule has 22 heavy (non-hydrogen) atoms. The van der Waals surface area contributed by atoms with E-state index in [0.717, 1.165) is 18.4 Å². The molecule has 120 valence electrons. The van der Waals surface area contributed by atoms with Crippen LogP contribution >= 0.6 is 0 Å². The average Bonchev–Trinajstić information content (AvgIpc) is 3.23. The predicted molar refractivity (Wildman–Crippen MR) is 82.7 cm³/mol. The van der Waals surface area contributed by atoms with Crippen LogP contribution in [0.3, 0.4) is 0 Å². The number of amides is 1. The standard InChI is InChI=1S/C17H23NO4/c1-16(2,3)22-15(21)18-11-17(14(19)20,13-9-10-13)12-7-5-4-6-8-12/h4-8,13H,9-11H2,1-3H3,(H,18,21)(H,19,20). The molecule has 0 aromatic heterocycles. The third kappa shape index (κ3) is 3.59. The van der Waals surface area contributed by atoms with Crippen LogP contribution in [0.2, 0.25) is 0 Å². The minimum Gasteiger partial charge on any atom is -0.481 e. The summed E-state index contributed by atoms with van der Waals surface area (Å²) in [5, 5.41) is 12.5. The van der Waals surface area contributed by atoms with Gasteiger partial charge >= 0.3 is 12.1 Å².